The maximum absolute atomic E-state index is 12.7. The topological polar surface area (TPSA) is 38.9 Å². The van der Waals surface area contributed by atoms with E-state index in [4.69, 9.17) is 5.73 Å². The Balaban J connectivity index is 2.81. The molecule has 0 saturated heterocycles. The van der Waals surface area contributed by atoms with E-state index < -0.39 is 0 Å². The van der Waals surface area contributed by atoms with Crippen LogP contribution < -0.4 is 5.73 Å². The first-order valence-electron chi connectivity index (χ1n) is 3.87. The van der Waals surface area contributed by atoms with E-state index in [2.05, 4.69) is 20.9 Å². The van der Waals surface area contributed by atoms with Gasteiger partial charge in [-0.05, 0) is 12.5 Å². The minimum atomic E-state index is -0.368. The Kier molecular flexibility index (Phi) is 3.89. The first-order valence-corrected chi connectivity index (χ1v) is 4.99. The molecule has 0 aliphatic heterocycles. The van der Waals surface area contributed by atoms with Crippen molar-refractivity contribution in [3.63, 3.8) is 0 Å². The second-order valence-corrected chi connectivity index (χ2v) is 3.30. The van der Waals surface area contributed by atoms with Crippen molar-refractivity contribution in [3.8, 4) is 0 Å². The molecule has 2 N–H and O–H groups in total. The lowest BCUT2D eigenvalue weighted by molar-refractivity contribution is 0.621. The van der Waals surface area contributed by atoms with Crippen LogP contribution in [-0.4, -0.2) is 10.3 Å². The quantitative estimate of drug-likeness (QED) is 0.831. The molecule has 0 atom stereocenters. The molecule has 2 nitrogen and oxygen atoms in total. The molecule has 0 spiro atoms. The normalized spacial score (nSPS) is 10.9. The largest absolute Gasteiger partial charge is 0.383 e. The smallest absolute Gasteiger partial charge is 0.142 e. The van der Waals surface area contributed by atoms with Crippen LogP contribution >= 0.6 is 15.9 Å². The van der Waals surface area contributed by atoms with E-state index in [0.717, 1.165) is 17.9 Å². The number of pyridine rings is 1. The van der Waals surface area contributed by atoms with E-state index in [1.807, 2.05) is 6.08 Å². The highest BCUT2D eigenvalue weighted by molar-refractivity contribution is 9.09. The molecule has 0 saturated carbocycles. The van der Waals surface area contributed by atoms with Crippen LogP contribution in [0.5, 0.6) is 0 Å². The molecule has 0 unspecified atom stereocenters. The molecular formula is C9H10BrFN2. The van der Waals surface area contributed by atoms with Crippen molar-refractivity contribution in [1.82, 2.24) is 4.98 Å². The van der Waals surface area contributed by atoms with Crippen molar-refractivity contribution >= 4 is 27.8 Å². The van der Waals surface area contributed by atoms with Gasteiger partial charge in [-0.2, -0.15) is 0 Å². The molecule has 1 rings (SSSR count). The summed E-state index contributed by atoms with van der Waals surface area (Å²) in [6, 6.07) is 1.37. The first kappa shape index (κ1) is 10.2. The summed E-state index contributed by atoms with van der Waals surface area (Å²) in [6.07, 6.45) is 5.68. The molecule has 1 aromatic rings. The maximum Gasteiger partial charge on any atom is 0.142 e. The number of halogens is 2. The van der Waals surface area contributed by atoms with Gasteiger partial charge in [-0.25, -0.2) is 9.37 Å². The Morgan fingerprint density at radius 2 is 2.38 bits per heavy atom. The molecule has 13 heavy (non-hydrogen) atoms. The van der Waals surface area contributed by atoms with Gasteiger partial charge >= 0.3 is 0 Å². The molecule has 0 aliphatic carbocycles. The fraction of sp³-hybridized carbons (Fsp3) is 0.222. The predicted molar refractivity (Wildman–Crippen MR) is 56.1 cm³/mol. The number of nitrogen functional groups attached to an aromatic ring is 1. The molecule has 1 heterocycles. The van der Waals surface area contributed by atoms with Crippen molar-refractivity contribution in [2.75, 3.05) is 11.1 Å². The summed E-state index contributed by atoms with van der Waals surface area (Å²) < 4.78 is 12.7. The number of nitrogens with two attached hydrogens (primary N) is 1. The van der Waals surface area contributed by atoms with Crippen LogP contribution in [0.15, 0.2) is 18.3 Å². The highest BCUT2D eigenvalue weighted by atomic mass is 79.9. The Morgan fingerprint density at radius 3 is 3.08 bits per heavy atom. The number of aromatic nitrogens is 1. The average molecular weight is 245 g/mol. The lowest BCUT2D eigenvalue weighted by Crippen LogP contribution is -1.94. The van der Waals surface area contributed by atoms with Crippen LogP contribution in [-0.2, 0) is 0 Å². The molecule has 0 amide bonds. The van der Waals surface area contributed by atoms with Gasteiger partial charge in [0, 0.05) is 10.9 Å². The minimum absolute atomic E-state index is 0.354. The maximum atomic E-state index is 12.7. The molecule has 0 radical (unpaired) electrons. The minimum Gasteiger partial charge on any atom is -0.383 e. The molecular weight excluding hydrogens is 235 g/mol. The van der Waals surface area contributed by atoms with Crippen LogP contribution in [0.25, 0.3) is 6.08 Å². The van der Waals surface area contributed by atoms with Crippen LogP contribution in [0, 0.1) is 5.82 Å². The summed E-state index contributed by atoms with van der Waals surface area (Å²) in [5.41, 5.74) is 6.16. The van der Waals surface area contributed by atoms with Gasteiger partial charge < -0.3 is 5.73 Å². The van der Waals surface area contributed by atoms with E-state index in [9.17, 15) is 4.39 Å². The van der Waals surface area contributed by atoms with Crippen molar-refractivity contribution in [2.45, 2.75) is 6.42 Å². The Bertz CT molecular complexity index is 312. The van der Waals surface area contributed by atoms with E-state index >= 15 is 0 Å². The number of nitrogens with zero attached hydrogens (tertiary/aromatic N) is 1. The zero-order valence-electron chi connectivity index (χ0n) is 7.00. The van der Waals surface area contributed by atoms with Crippen LogP contribution in [0.2, 0.25) is 0 Å². The second kappa shape index (κ2) is 4.97. The zero-order chi connectivity index (χ0) is 9.68. The predicted octanol–water partition coefficient (Wildman–Crippen LogP) is 2.60. The summed E-state index contributed by atoms with van der Waals surface area (Å²) in [5.74, 6) is -0.0140. The van der Waals surface area contributed by atoms with Gasteiger partial charge in [-0.3, -0.25) is 0 Å². The number of hydrogen-bond donors (Lipinski definition) is 1. The van der Waals surface area contributed by atoms with Gasteiger partial charge in [0.2, 0.25) is 0 Å². The third-order valence-corrected chi connectivity index (χ3v) is 1.95. The van der Waals surface area contributed by atoms with Gasteiger partial charge in [0.25, 0.3) is 0 Å². The van der Waals surface area contributed by atoms with Crippen LogP contribution in [0.1, 0.15) is 12.0 Å². The third kappa shape index (κ3) is 3.14. The highest BCUT2D eigenvalue weighted by Gasteiger charge is 1.97. The van der Waals surface area contributed by atoms with E-state index in [-0.39, 0.29) is 5.82 Å². The summed E-state index contributed by atoms with van der Waals surface area (Å²) in [6.45, 7) is 0. The summed E-state index contributed by atoms with van der Waals surface area (Å²) in [7, 11) is 0. The molecule has 0 aliphatic rings. The number of rotatable bonds is 3. The standard InChI is InChI=1S/C9H10BrFN2/c10-4-2-1-3-7-5-8(11)6-13-9(7)12/h1,3,5-6H,2,4H2,(H2,12,13). The number of alkyl halides is 1. The van der Waals surface area contributed by atoms with Crippen molar-refractivity contribution in [2.24, 2.45) is 0 Å². The molecule has 4 heteroatoms. The summed E-state index contributed by atoms with van der Waals surface area (Å²) in [4.78, 5) is 3.70. The number of allylic oxidation sites excluding steroid dienone is 1. The van der Waals surface area contributed by atoms with Crippen molar-refractivity contribution in [3.05, 3.63) is 29.7 Å². The highest BCUT2D eigenvalue weighted by Crippen LogP contribution is 2.12. The Morgan fingerprint density at radius 1 is 1.62 bits per heavy atom. The number of hydrogen-bond acceptors (Lipinski definition) is 2. The van der Waals surface area contributed by atoms with Crippen molar-refractivity contribution < 1.29 is 4.39 Å². The Hall–Kier alpha value is -0.900. The van der Waals surface area contributed by atoms with E-state index in [1.54, 1.807) is 6.08 Å². The van der Waals surface area contributed by atoms with Gasteiger partial charge in [0.05, 0.1) is 6.20 Å². The van der Waals surface area contributed by atoms with Crippen molar-refractivity contribution in [1.29, 1.82) is 0 Å². The SMILES string of the molecule is Nc1ncc(F)cc1C=CCCBr. The first-order chi connectivity index (χ1) is 6.24. The van der Waals surface area contributed by atoms with Gasteiger partial charge in [-0.1, -0.05) is 28.1 Å². The van der Waals surface area contributed by atoms with Crippen LogP contribution in [0.3, 0.4) is 0 Å². The molecule has 1 aromatic heterocycles. The Labute approximate surface area is 84.8 Å². The summed E-state index contributed by atoms with van der Waals surface area (Å²) in [5, 5.41) is 0.881. The summed E-state index contributed by atoms with van der Waals surface area (Å²) >= 11 is 3.28. The second-order valence-electron chi connectivity index (χ2n) is 2.51. The van der Waals surface area contributed by atoms with E-state index in [1.165, 1.54) is 6.07 Å². The molecule has 0 aromatic carbocycles. The monoisotopic (exact) mass is 244 g/mol. The number of anilines is 1. The fourth-order valence-corrected chi connectivity index (χ4v) is 1.14. The lowest BCUT2D eigenvalue weighted by atomic mass is 10.2. The molecule has 70 valence electrons. The van der Waals surface area contributed by atoms with Gasteiger partial charge in [-0.15, -0.1) is 0 Å². The van der Waals surface area contributed by atoms with E-state index in [0.29, 0.717) is 11.4 Å². The fourth-order valence-electron chi connectivity index (χ4n) is 0.872. The van der Waals surface area contributed by atoms with Gasteiger partial charge in [0.15, 0.2) is 0 Å². The molecule has 0 bridgehead atoms. The molecule has 0 fully saturated rings. The van der Waals surface area contributed by atoms with Crippen LogP contribution in [0.4, 0.5) is 10.2 Å². The lowest BCUT2D eigenvalue weighted by Gasteiger charge is -1.98. The van der Waals surface area contributed by atoms with Gasteiger partial charge in [0.1, 0.15) is 11.6 Å². The average Bonchev–Trinajstić information content (AvgIpc) is 2.11. The third-order valence-electron chi connectivity index (χ3n) is 1.49. The zero-order valence-corrected chi connectivity index (χ0v) is 8.59.